The van der Waals surface area contributed by atoms with E-state index in [1.807, 2.05) is 0 Å². The van der Waals surface area contributed by atoms with Gasteiger partial charge in [-0.25, -0.2) is 9.18 Å². The smallest absolute Gasteiger partial charge is 0.353 e. The number of rotatable bonds is 4. The van der Waals surface area contributed by atoms with Gasteiger partial charge in [0.1, 0.15) is 17.2 Å². The summed E-state index contributed by atoms with van der Waals surface area (Å²) in [5, 5.41) is 15.6. The second-order valence-electron chi connectivity index (χ2n) is 4.88. The lowest BCUT2D eigenvalue weighted by atomic mass is 9.96. The summed E-state index contributed by atoms with van der Waals surface area (Å²) in [5.74, 6) is -1.96. The summed E-state index contributed by atoms with van der Waals surface area (Å²) in [6, 6.07) is 3.16. The summed E-state index contributed by atoms with van der Waals surface area (Å²) >= 11 is 8.74. The quantitative estimate of drug-likeness (QED) is 0.696. The Balaban J connectivity index is 2.46. The average Bonchev–Trinajstić information content (AvgIpc) is 2.45. The van der Waals surface area contributed by atoms with Gasteiger partial charge in [-0.1, -0.05) is 22.8 Å². The third kappa shape index (κ3) is 4.46. The number of aliphatic carboxylic acids is 1. The van der Waals surface area contributed by atoms with Crippen LogP contribution in [-0.2, 0) is 19.2 Å². The van der Waals surface area contributed by atoms with Gasteiger partial charge in [0.05, 0.1) is 16.8 Å². The fraction of sp³-hybridized carbons (Fsp3) is 0.231. The van der Waals surface area contributed by atoms with Crippen molar-refractivity contribution in [3.8, 4) is 0 Å². The highest BCUT2D eigenvalue weighted by Crippen LogP contribution is 2.32. The Kier molecular flexibility index (Phi) is 5.51. The van der Waals surface area contributed by atoms with Crippen molar-refractivity contribution in [3.63, 3.8) is 0 Å². The summed E-state index contributed by atoms with van der Waals surface area (Å²) in [4.78, 5) is 11.3. The van der Waals surface area contributed by atoms with E-state index in [2.05, 4.69) is 30.7 Å². The molecule has 0 fully saturated rings. The molecule has 0 aliphatic carbocycles. The minimum atomic E-state index is -3.87. The molecule has 1 aliphatic heterocycles. The monoisotopic (exact) mass is 440 g/mol. The SMILES string of the molecule is CS(=O)(=O)ON=C1CC(c2ccc(Cl)cc2F)NC(C(=O)O)=C1Br. The van der Waals surface area contributed by atoms with Gasteiger partial charge in [-0.15, -0.1) is 0 Å². The third-order valence-electron chi connectivity index (χ3n) is 3.02. The first kappa shape index (κ1) is 18.7. The fourth-order valence-corrected chi connectivity index (χ4v) is 2.94. The van der Waals surface area contributed by atoms with Crippen LogP contribution in [-0.4, -0.2) is 31.5 Å². The van der Waals surface area contributed by atoms with E-state index < -0.39 is 27.9 Å². The second kappa shape index (κ2) is 7.08. The molecular weight excluding hydrogens is 431 g/mol. The van der Waals surface area contributed by atoms with Crippen molar-refractivity contribution in [1.82, 2.24) is 5.32 Å². The minimum absolute atomic E-state index is 0.00850. The van der Waals surface area contributed by atoms with E-state index in [1.165, 1.54) is 12.1 Å². The second-order valence-corrected chi connectivity index (χ2v) is 7.66. The molecule has 0 spiro atoms. The molecule has 1 atom stereocenters. The summed E-state index contributed by atoms with van der Waals surface area (Å²) in [6.07, 6.45) is 0.787. The molecule has 2 rings (SSSR count). The Bertz CT molecular complexity index is 856. The number of hydrogen-bond donors (Lipinski definition) is 2. The van der Waals surface area contributed by atoms with E-state index in [0.29, 0.717) is 0 Å². The van der Waals surface area contributed by atoms with E-state index in [0.717, 1.165) is 12.3 Å². The van der Waals surface area contributed by atoms with Crippen LogP contribution in [0.2, 0.25) is 5.02 Å². The van der Waals surface area contributed by atoms with Crippen LogP contribution in [0.3, 0.4) is 0 Å². The van der Waals surface area contributed by atoms with Gasteiger partial charge in [0.25, 0.3) is 0 Å². The molecule has 0 radical (unpaired) electrons. The molecule has 0 aromatic heterocycles. The van der Waals surface area contributed by atoms with Gasteiger partial charge in [-0.3, -0.25) is 4.28 Å². The number of halogens is 3. The Labute approximate surface area is 150 Å². The Morgan fingerprint density at radius 3 is 2.75 bits per heavy atom. The van der Waals surface area contributed by atoms with Crippen LogP contribution in [0, 0.1) is 5.82 Å². The summed E-state index contributed by atoms with van der Waals surface area (Å²) in [6.45, 7) is 0. The number of benzene rings is 1. The zero-order chi connectivity index (χ0) is 18.1. The Morgan fingerprint density at radius 1 is 1.54 bits per heavy atom. The number of allylic oxidation sites excluding steroid dienone is 1. The van der Waals surface area contributed by atoms with E-state index >= 15 is 0 Å². The van der Waals surface area contributed by atoms with Gasteiger partial charge >= 0.3 is 16.1 Å². The maximum atomic E-state index is 14.1. The van der Waals surface area contributed by atoms with Gasteiger partial charge in [0, 0.05) is 17.0 Å². The van der Waals surface area contributed by atoms with Crippen molar-refractivity contribution in [2.75, 3.05) is 6.26 Å². The molecule has 0 bridgehead atoms. The first-order valence-corrected chi connectivity index (χ1v) is 9.37. The lowest BCUT2D eigenvalue weighted by Crippen LogP contribution is -2.34. The van der Waals surface area contributed by atoms with Gasteiger partial charge < -0.3 is 10.4 Å². The largest absolute Gasteiger partial charge is 0.477 e. The van der Waals surface area contributed by atoms with Crippen molar-refractivity contribution in [1.29, 1.82) is 0 Å². The number of hydrogen-bond acceptors (Lipinski definition) is 6. The molecule has 130 valence electrons. The van der Waals surface area contributed by atoms with Crippen molar-refractivity contribution in [2.24, 2.45) is 5.16 Å². The molecular formula is C13H11BrClFN2O5S. The summed E-state index contributed by atoms with van der Waals surface area (Å²) in [5.41, 5.74) is -0.127. The molecule has 11 heteroatoms. The predicted octanol–water partition coefficient (Wildman–Crippen LogP) is 2.54. The number of carbonyl (C=O) groups is 1. The van der Waals surface area contributed by atoms with E-state index in [-0.39, 0.29) is 32.9 Å². The zero-order valence-electron chi connectivity index (χ0n) is 12.1. The van der Waals surface area contributed by atoms with E-state index in [1.54, 1.807) is 0 Å². The Morgan fingerprint density at radius 2 is 2.21 bits per heavy atom. The summed E-state index contributed by atoms with van der Waals surface area (Å²) in [7, 11) is -3.87. The van der Waals surface area contributed by atoms with Crippen LogP contribution in [0.25, 0.3) is 0 Å². The van der Waals surface area contributed by atoms with Gasteiger partial charge in [-0.2, -0.15) is 8.42 Å². The normalized spacial score (nSPS) is 20.0. The Hall–Kier alpha value is -1.65. The maximum Gasteiger partial charge on any atom is 0.353 e. The number of oxime groups is 1. The molecule has 7 nitrogen and oxygen atoms in total. The van der Waals surface area contributed by atoms with Crippen molar-refractivity contribution in [3.05, 3.63) is 44.8 Å². The number of nitrogens with zero attached hydrogens (tertiary/aromatic N) is 1. The van der Waals surface area contributed by atoms with Crippen LogP contribution in [0.5, 0.6) is 0 Å². The minimum Gasteiger partial charge on any atom is -0.477 e. The van der Waals surface area contributed by atoms with Crippen molar-refractivity contribution < 1.29 is 27.0 Å². The fourth-order valence-electron chi connectivity index (χ4n) is 2.03. The molecule has 0 saturated heterocycles. The molecule has 1 aliphatic rings. The first-order chi connectivity index (χ1) is 11.1. The van der Waals surface area contributed by atoms with Crippen molar-refractivity contribution in [2.45, 2.75) is 12.5 Å². The first-order valence-electron chi connectivity index (χ1n) is 6.39. The maximum absolute atomic E-state index is 14.1. The van der Waals surface area contributed by atoms with Gasteiger partial charge in [0.15, 0.2) is 0 Å². The molecule has 0 saturated carbocycles. The van der Waals surface area contributed by atoms with Gasteiger partial charge in [-0.05, 0) is 28.1 Å². The average molecular weight is 442 g/mol. The topological polar surface area (TPSA) is 105 Å². The molecule has 0 amide bonds. The van der Waals surface area contributed by atoms with Crippen LogP contribution < -0.4 is 5.32 Å². The molecule has 1 unspecified atom stereocenters. The lowest BCUT2D eigenvalue weighted by Gasteiger charge is -2.27. The predicted molar refractivity (Wildman–Crippen MR) is 88.9 cm³/mol. The standard InChI is InChI=1S/C13H11BrClFN2O5S/c1-24(21,22)23-18-10-5-9(17-12(11(10)14)13(19)20)7-3-2-6(15)4-8(7)16/h2-4,9,17H,5H2,1H3,(H,19,20). The van der Waals surface area contributed by atoms with Crippen molar-refractivity contribution >= 4 is 49.3 Å². The third-order valence-corrected chi connectivity index (χ3v) is 4.46. The molecule has 1 heterocycles. The molecule has 2 N–H and O–H groups in total. The van der Waals surface area contributed by atoms with E-state index in [9.17, 15) is 22.7 Å². The summed E-state index contributed by atoms with van der Waals surface area (Å²) < 4.78 is 40.6. The zero-order valence-corrected chi connectivity index (χ0v) is 15.2. The highest BCUT2D eigenvalue weighted by Gasteiger charge is 2.31. The van der Waals surface area contributed by atoms with E-state index in [4.69, 9.17) is 11.6 Å². The molecule has 24 heavy (non-hydrogen) atoms. The van der Waals surface area contributed by atoms with Crippen LogP contribution in [0.4, 0.5) is 4.39 Å². The molecule has 1 aromatic rings. The van der Waals surface area contributed by atoms with Crippen LogP contribution in [0.1, 0.15) is 18.0 Å². The van der Waals surface area contributed by atoms with Crippen LogP contribution >= 0.6 is 27.5 Å². The number of carboxylic acid groups (broad SMARTS) is 1. The number of nitrogens with one attached hydrogen (secondary N) is 1. The number of carboxylic acids is 1. The highest BCUT2D eigenvalue weighted by molar-refractivity contribution is 9.12. The highest BCUT2D eigenvalue weighted by atomic mass is 79.9. The lowest BCUT2D eigenvalue weighted by molar-refractivity contribution is -0.133. The van der Waals surface area contributed by atoms with Crippen LogP contribution in [0.15, 0.2) is 33.5 Å². The molecule has 1 aromatic carbocycles. The van der Waals surface area contributed by atoms with Gasteiger partial charge in [0.2, 0.25) is 0 Å².